The van der Waals surface area contributed by atoms with E-state index in [1.54, 1.807) is 0 Å². The van der Waals surface area contributed by atoms with Crippen molar-refractivity contribution in [2.45, 2.75) is 26.9 Å². The molecular formula is C23H22OS2. The summed E-state index contributed by atoms with van der Waals surface area (Å²) in [6.45, 7) is 0.839. The van der Waals surface area contributed by atoms with Crippen molar-refractivity contribution in [1.82, 2.24) is 0 Å². The van der Waals surface area contributed by atoms with E-state index >= 15 is 0 Å². The largest absolute Gasteiger partial charge is 0.373 e. The molecule has 1 heterocycles. The lowest BCUT2D eigenvalue weighted by molar-refractivity contribution is 0.0940. The number of hydrogen-bond donors (Lipinski definition) is 0. The standard InChI is InChI=1S/C23H22OS2/c1-4-10-18(11-5-1)22-21(16-17-24-22)23(25-19-12-6-2-7-13-19)26-20-14-8-3-9-15-20/h1-15,21-23H,16-17H2. The Bertz CT molecular complexity index is 751. The molecule has 3 heteroatoms. The lowest BCUT2D eigenvalue weighted by Gasteiger charge is -2.27. The first-order valence-electron chi connectivity index (χ1n) is 9.00. The second-order valence-electron chi connectivity index (χ2n) is 6.38. The highest BCUT2D eigenvalue weighted by Crippen LogP contribution is 2.48. The van der Waals surface area contributed by atoms with Gasteiger partial charge in [-0.3, -0.25) is 0 Å². The summed E-state index contributed by atoms with van der Waals surface area (Å²) < 4.78 is 6.59. The zero-order valence-electron chi connectivity index (χ0n) is 14.5. The van der Waals surface area contributed by atoms with Crippen LogP contribution in [0.4, 0.5) is 0 Å². The molecule has 132 valence electrons. The Labute approximate surface area is 164 Å². The van der Waals surface area contributed by atoms with Crippen molar-refractivity contribution in [2.24, 2.45) is 5.92 Å². The Morgan fingerprint density at radius 3 is 1.73 bits per heavy atom. The molecule has 1 aliphatic heterocycles. The minimum Gasteiger partial charge on any atom is -0.373 e. The maximum Gasteiger partial charge on any atom is 0.0872 e. The van der Waals surface area contributed by atoms with Crippen LogP contribution in [-0.4, -0.2) is 11.2 Å². The fourth-order valence-corrected chi connectivity index (χ4v) is 6.27. The van der Waals surface area contributed by atoms with Gasteiger partial charge < -0.3 is 4.74 Å². The zero-order chi connectivity index (χ0) is 17.6. The number of ether oxygens (including phenoxy) is 1. The van der Waals surface area contributed by atoms with Gasteiger partial charge >= 0.3 is 0 Å². The Balaban J connectivity index is 1.60. The lowest BCUT2D eigenvalue weighted by atomic mass is 9.97. The van der Waals surface area contributed by atoms with E-state index in [1.165, 1.54) is 15.4 Å². The monoisotopic (exact) mass is 378 g/mol. The van der Waals surface area contributed by atoms with Gasteiger partial charge in [0.2, 0.25) is 0 Å². The van der Waals surface area contributed by atoms with Crippen LogP contribution in [0.15, 0.2) is 101 Å². The highest BCUT2D eigenvalue weighted by Gasteiger charge is 2.36. The van der Waals surface area contributed by atoms with Gasteiger partial charge in [0.25, 0.3) is 0 Å². The number of thioether (sulfide) groups is 2. The van der Waals surface area contributed by atoms with Gasteiger partial charge in [0.15, 0.2) is 0 Å². The van der Waals surface area contributed by atoms with Crippen molar-refractivity contribution in [3.05, 3.63) is 96.6 Å². The Kier molecular flexibility index (Phi) is 6.00. The normalized spacial score (nSPS) is 19.7. The number of rotatable bonds is 6. The Morgan fingerprint density at radius 1 is 0.692 bits per heavy atom. The maximum absolute atomic E-state index is 6.18. The average molecular weight is 379 g/mol. The second kappa shape index (κ2) is 8.81. The molecule has 0 N–H and O–H groups in total. The van der Waals surface area contributed by atoms with Gasteiger partial charge in [0, 0.05) is 22.3 Å². The van der Waals surface area contributed by atoms with Crippen LogP contribution in [0.5, 0.6) is 0 Å². The predicted octanol–water partition coefficient (Wildman–Crippen LogP) is 6.67. The molecule has 0 aromatic heterocycles. The Hall–Kier alpha value is -1.68. The van der Waals surface area contributed by atoms with Crippen molar-refractivity contribution in [3.8, 4) is 0 Å². The molecule has 3 aromatic rings. The zero-order valence-corrected chi connectivity index (χ0v) is 16.2. The third-order valence-corrected chi connectivity index (χ3v) is 7.44. The van der Waals surface area contributed by atoms with Gasteiger partial charge in [-0.15, -0.1) is 23.5 Å². The van der Waals surface area contributed by atoms with E-state index in [9.17, 15) is 0 Å². The van der Waals surface area contributed by atoms with Crippen LogP contribution in [0, 0.1) is 5.92 Å². The van der Waals surface area contributed by atoms with Crippen molar-refractivity contribution in [2.75, 3.05) is 6.61 Å². The van der Waals surface area contributed by atoms with Crippen LogP contribution in [0.25, 0.3) is 0 Å². The molecule has 0 saturated carbocycles. The summed E-state index contributed by atoms with van der Waals surface area (Å²) >= 11 is 3.92. The van der Waals surface area contributed by atoms with Crippen LogP contribution in [0.1, 0.15) is 18.1 Å². The molecule has 0 aliphatic carbocycles. The van der Waals surface area contributed by atoms with E-state index in [4.69, 9.17) is 4.74 Å². The molecule has 0 radical (unpaired) electrons. The topological polar surface area (TPSA) is 9.23 Å². The summed E-state index contributed by atoms with van der Waals surface area (Å²) in [7, 11) is 0. The molecule has 0 spiro atoms. The van der Waals surface area contributed by atoms with Crippen molar-refractivity contribution in [3.63, 3.8) is 0 Å². The summed E-state index contributed by atoms with van der Waals surface area (Å²) in [5.74, 6) is 0.479. The van der Waals surface area contributed by atoms with Crippen LogP contribution < -0.4 is 0 Å². The number of benzene rings is 3. The van der Waals surface area contributed by atoms with Crippen LogP contribution in [-0.2, 0) is 4.74 Å². The van der Waals surface area contributed by atoms with Crippen molar-refractivity contribution in [1.29, 1.82) is 0 Å². The number of hydrogen-bond acceptors (Lipinski definition) is 3. The van der Waals surface area contributed by atoms with E-state index in [1.807, 2.05) is 23.5 Å². The summed E-state index contributed by atoms with van der Waals surface area (Å²) in [5, 5.41) is 0. The minimum atomic E-state index is 0.175. The summed E-state index contributed by atoms with van der Waals surface area (Å²) in [6.07, 6.45) is 1.28. The maximum atomic E-state index is 6.18. The third-order valence-electron chi connectivity index (χ3n) is 4.61. The third kappa shape index (κ3) is 4.35. The highest BCUT2D eigenvalue weighted by atomic mass is 32.2. The van der Waals surface area contributed by atoms with Gasteiger partial charge in [-0.05, 0) is 36.2 Å². The molecule has 2 unspecified atom stereocenters. The van der Waals surface area contributed by atoms with Gasteiger partial charge in [0.05, 0.1) is 10.7 Å². The van der Waals surface area contributed by atoms with E-state index in [0.29, 0.717) is 10.5 Å². The molecular weight excluding hydrogens is 356 g/mol. The highest BCUT2D eigenvalue weighted by molar-refractivity contribution is 8.17. The van der Waals surface area contributed by atoms with Crippen molar-refractivity contribution < 1.29 is 4.74 Å². The van der Waals surface area contributed by atoms with Crippen molar-refractivity contribution >= 4 is 23.5 Å². The van der Waals surface area contributed by atoms with Gasteiger partial charge in [-0.1, -0.05) is 66.7 Å². The quantitative estimate of drug-likeness (QED) is 0.350. The smallest absolute Gasteiger partial charge is 0.0872 e. The summed E-state index contributed by atoms with van der Waals surface area (Å²) in [6, 6.07) is 32.1. The molecule has 1 aliphatic rings. The summed E-state index contributed by atoms with van der Waals surface area (Å²) in [5.41, 5.74) is 1.29. The van der Waals surface area contributed by atoms with Crippen LogP contribution in [0.3, 0.4) is 0 Å². The fourth-order valence-electron chi connectivity index (χ4n) is 3.34. The average Bonchev–Trinajstić information content (AvgIpc) is 3.20. The van der Waals surface area contributed by atoms with E-state index in [-0.39, 0.29) is 6.10 Å². The first kappa shape index (κ1) is 17.7. The van der Waals surface area contributed by atoms with E-state index < -0.39 is 0 Å². The van der Waals surface area contributed by atoms with Gasteiger partial charge in [-0.25, -0.2) is 0 Å². The molecule has 0 bridgehead atoms. The molecule has 1 nitrogen and oxygen atoms in total. The lowest BCUT2D eigenvalue weighted by Crippen LogP contribution is -2.18. The molecule has 2 atom stereocenters. The van der Waals surface area contributed by atoms with Gasteiger partial charge in [0.1, 0.15) is 0 Å². The second-order valence-corrected chi connectivity index (χ2v) is 9.11. The van der Waals surface area contributed by atoms with E-state index in [0.717, 1.165) is 13.0 Å². The molecule has 0 amide bonds. The fraction of sp³-hybridized carbons (Fsp3) is 0.217. The Morgan fingerprint density at radius 2 is 1.19 bits per heavy atom. The molecule has 1 fully saturated rings. The summed E-state index contributed by atoms with van der Waals surface area (Å²) in [4.78, 5) is 2.64. The molecule has 1 saturated heterocycles. The van der Waals surface area contributed by atoms with Gasteiger partial charge in [-0.2, -0.15) is 0 Å². The minimum absolute atomic E-state index is 0.175. The SMILES string of the molecule is c1ccc(SC(Sc2ccccc2)C2CCOC2c2ccccc2)cc1. The van der Waals surface area contributed by atoms with Crippen LogP contribution >= 0.6 is 23.5 Å². The first-order chi connectivity index (χ1) is 12.9. The van der Waals surface area contributed by atoms with Crippen LogP contribution in [0.2, 0.25) is 0 Å². The molecule has 26 heavy (non-hydrogen) atoms. The molecule has 4 rings (SSSR count). The van der Waals surface area contributed by atoms with E-state index in [2.05, 4.69) is 91.0 Å². The predicted molar refractivity (Wildman–Crippen MR) is 112 cm³/mol. The first-order valence-corrected chi connectivity index (χ1v) is 10.8. The molecule has 3 aromatic carbocycles.